The van der Waals surface area contributed by atoms with Crippen molar-refractivity contribution in [3.05, 3.63) is 12.2 Å². The van der Waals surface area contributed by atoms with E-state index in [0.29, 0.717) is 64.8 Å². The van der Waals surface area contributed by atoms with Gasteiger partial charge in [0.15, 0.2) is 25.0 Å². The molecule has 0 heterocycles. The molecule has 0 N–H and O–H groups in total. The summed E-state index contributed by atoms with van der Waals surface area (Å²) in [5.74, 6) is -0.865. The summed E-state index contributed by atoms with van der Waals surface area (Å²) in [4.78, 5) is 33.8. The molecule has 0 saturated heterocycles. The number of hydrogen-bond acceptors (Lipinski definition) is 10. The third kappa shape index (κ3) is 22.4. The van der Waals surface area contributed by atoms with E-state index in [1.54, 1.807) is 0 Å². The summed E-state index contributed by atoms with van der Waals surface area (Å²) in [5.41, 5.74) is 0.964. The topological polar surface area (TPSA) is 116 Å². The molecule has 0 bridgehead atoms. The summed E-state index contributed by atoms with van der Waals surface area (Å²) in [6, 6.07) is 2.98. The standard InChI is InChI=1S/C28H58O10Si4/c1-25(2)24-32-16-12-23-42(36-39(6,7)20-13-17-33-26(3)29,37-40(8,9)21-14-18-34-27(4)30)38-41(10,11)22-15-19-35-28(5)31/h1,12-24H2,2-11H3. The molecule has 0 aliphatic carbocycles. The third-order valence-electron chi connectivity index (χ3n) is 6.10. The Morgan fingerprint density at radius 3 is 1.12 bits per heavy atom. The molecule has 0 unspecified atom stereocenters. The van der Waals surface area contributed by atoms with Crippen LogP contribution >= 0.6 is 0 Å². The Morgan fingerprint density at radius 2 is 0.833 bits per heavy atom. The van der Waals surface area contributed by atoms with E-state index in [9.17, 15) is 14.4 Å². The van der Waals surface area contributed by atoms with Crippen molar-refractivity contribution < 1.29 is 45.7 Å². The Morgan fingerprint density at radius 1 is 0.524 bits per heavy atom. The molecule has 0 aliphatic rings. The summed E-state index contributed by atoms with van der Waals surface area (Å²) in [5, 5.41) is 0. The SMILES string of the molecule is C=C(C)COCCC[Si](O[Si](C)(C)CCCOC(C)=O)(O[Si](C)(C)CCCOC(C)=O)O[Si](C)(C)CCCOC(C)=O. The molecule has 0 spiro atoms. The van der Waals surface area contributed by atoms with Gasteiger partial charge in [0.2, 0.25) is 0 Å². The number of hydrogen-bond donors (Lipinski definition) is 0. The maximum absolute atomic E-state index is 11.3. The van der Waals surface area contributed by atoms with Gasteiger partial charge in [-0.2, -0.15) is 0 Å². The highest BCUT2D eigenvalue weighted by molar-refractivity contribution is 6.90. The van der Waals surface area contributed by atoms with E-state index in [-0.39, 0.29) is 17.9 Å². The van der Waals surface area contributed by atoms with Crippen molar-refractivity contribution in [3.8, 4) is 0 Å². The van der Waals surface area contributed by atoms with Gasteiger partial charge in [0.25, 0.3) is 0 Å². The van der Waals surface area contributed by atoms with Crippen molar-refractivity contribution in [2.75, 3.05) is 33.0 Å². The molecule has 10 nitrogen and oxygen atoms in total. The van der Waals surface area contributed by atoms with E-state index < -0.39 is 33.8 Å². The van der Waals surface area contributed by atoms with Gasteiger partial charge in [0.05, 0.1) is 26.4 Å². The largest absolute Gasteiger partial charge is 0.469 e. The first-order valence-corrected chi connectivity index (χ1v) is 26.3. The highest BCUT2D eigenvalue weighted by Gasteiger charge is 2.52. The zero-order chi connectivity index (χ0) is 32.5. The first kappa shape index (κ1) is 40.9. The second kappa shape index (κ2) is 20.0. The molecular weight excluding hydrogens is 609 g/mol. The van der Waals surface area contributed by atoms with Gasteiger partial charge in [0, 0.05) is 33.4 Å². The number of carbonyl (C=O) groups is 3. The van der Waals surface area contributed by atoms with Gasteiger partial charge in [-0.05, 0) is 90.0 Å². The van der Waals surface area contributed by atoms with Crippen LogP contribution in [0.5, 0.6) is 0 Å². The zero-order valence-corrected chi connectivity index (χ0v) is 32.0. The van der Waals surface area contributed by atoms with E-state index in [0.717, 1.165) is 23.7 Å². The summed E-state index contributed by atoms with van der Waals surface area (Å²) >= 11 is 0. The predicted molar refractivity (Wildman–Crippen MR) is 175 cm³/mol. The molecule has 0 aromatic carbocycles. The lowest BCUT2D eigenvalue weighted by Gasteiger charge is -2.45. The molecule has 246 valence electrons. The molecule has 0 aromatic rings. The third-order valence-corrected chi connectivity index (χ3v) is 22.1. The van der Waals surface area contributed by atoms with E-state index in [1.807, 2.05) is 6.92 Å². The van der Waals surface area contributed by atoms with Crippen LogP contribution in [0.25, 0.3) is 0 Å². The van der Waals surface area contributed by atoms with Crippen molar-refractivity contribution in [2.45, 2.75) is 117 Å². The van der Waals surface area contributed by atoms with Crippen molar-refractivity contribution >= 4 is 51.7 Å². The molecule has 0 fully saturated rings. The number of ether oxygens (including phenoxy) is 4. The first-order chi connectivity index (χ1) is 19.3. The van der Waals surface area contributed by atoms with E-state index in [2.05, 4.69) is 45.9 Å². The van der Waals surface area contributed by atoms with Crippen LogP contribution in [0.4, 0.5) is 0 Å². The van der Waals surface area contributed by atoms with Gasteiger partial charge in [0.1, 0.15) is 0 Å². The smallest absolute Gasteiger partial charge is 0.466 e. The van der Waals surface area contributed by atoms with Crippen LogP contribution in [0.1, 0.15) is 53.4 Å². The molecule has 0 amide bonds. The fourth-order valence-electron chi connectivity index (χ4n) is 4.41. The Balaban J connectivity index is 6.09. The van der Waals surface area contributed by atoms with Crippen LogP contribution in [0.3, 0.4) is 0 Å². The Hall–Kier alpha value is -1.14. The van der Waals surface area contributed by atoms with Crippen molar-refractivity contribution in [1.29, 1.82) is 0 Å². The lowest BCUT2D eigenvalue weighted by atomic mass is 10.4. The molecule has 0 radical (unpaired) electrons. The molecule has 42 heavy (non-hydrogen) atoms. The minimum Gasteiger partial charge on any atom is -0.466 e. The average Bonchev–Trinajstić information content (AvgIpc) is 2.80. The molecular formula is C28H58O10Si4. The minimum absolute atomic E-state index is 0.288. The number of rotatable bonds is 24. The van der Waals surface area contributed by atoms with Crippen LogP contribution in [0, 0.1) is 0 Å². The fourth-order valence-corrected chi connectivity index (χ4v) is 22.2. The maximum atomic E-state index is 11.3. The van der Waals surface area contributed by atoms with Gasteiger partial charge in [-0.3, -0.25) is 14.4 Å². The summed E-state index contributed by atoms with van der Waals surface area (Å²) < 4.78 is 42.8. The second-order valence-electron chi connectivity index (χ2n) is 12.7. The second-order valence-corrected chi connectivity index (χ2v) is 29.1. The molecule has 0 saturated carbocycles. The lowest BCUT2D eigenvalue weighted by molar-refractivity contribution is -0.141. The molecule has 0 rings (SSSR count). The van der Waals surface area contributed by atoms with Gasteiger partial charge < -0.3 is 31.3 Å². The van der Waals surface area contributed by atoms with E-state index in [1.165, 1.54) is 20.8 Å². The van der Waals surface area contributed by atoms with Crippen molar-refractivity contribution in [1.82, 2.24) is 0 Å². The van der Waals surface area contributed by atoms with Crippen molar-refractivity contribution in [2.24, 2.45) is 0 Å². The first-order valence-electron chi connectivity index (χ1n) is 15.0. The van der Waals surface area contributed by atoms with Crippen LogP contribution in [-0.4, -0.2) is 84.7 Å². The van der Waals surface area contributed by atoms with Crippen molar-refractivity contribution in [3.63, 3.8) is 0 Å². The van der Waals surface area contributed by atoms with E-state index >= 15 is 0 Å². The van der Waals surface area contributed by atoms with E-state index in [4.69, 9.17) is 31.3 Å². The monoisotopic (exact) mass is 666 g/mol. The van der Waals surface area contributed by atoms with Crippen LogP contribution in [0.2, 0.25) is 63.5 Å². The van der Waals surface area contributed by atoms with Gasteiger partial charge in [-0.1, -0.05) is 12.2 Å². The zero-order valence-electron chi connectivity index (χ0n) is 28.0. The Labute approximate surface area is 258 Å². The predicted octanol–water partition coefficient (Wildman–Crippen LogP) is 6.43. The minimum atomic E-state index is -3.27. The highest BCUT2D eigenvalue weighted by atomic mass is 28.5. The maximum Gasteiger partial charge on any atom is 0.469 e. The lowest BCUT2D eigenvalue weighted by Crippen LogP contribution is -2.62. The molecule has 0 atom stereocenters. The highest BCUT2D eigenvalue weighted by Crippen LogP contribution is 2.34. The number of esters is 3. The van der Waals surface area contributed by atoms with Crippen LogP contribution < -0.4 is 0 Å². The quantitative estimate of drug-likeness (QED) is 0.0375. The fraction of sp³-hybridized carbons (Fsp3) is 0.821. The number of carbonyl (C=O) groups excluding carboxylic acids is 3. The summed E-state index contributed by atoms with van der Waals surface area (Å²) in [6.45, 7) is 25.2. The Kier molecular flexibility index (Phi) is 19.5. The normalized spacial score (nSPS) is 12.6. The molecule has 0 aromatic heterocycles. The molecule has 14 heteroatoms. The average molecular weight is 667 g/mol. The van der Waals surface area contributed by atoms with Crippen LogP contribution in [-0.2, 0) is 45.7 Å². The van der Waals surface area contributed by atoms with Gasteiger partial charge in [-0.15, -0.1) is 0 Å². The van der Waals surface area contributed by atoms with Crippen LogP contribution in [0.15, 0.2) is 12.2 Å². The van der Waals surface area contributed by atoms with Gasteiger partial charge >= 0.3 is 26.7 Å². The Bertz CT molecular complexity index is 760. The summed E-state index contributed by atoms with van der Waals surface area (Å²) in [6.07, 6.45) is 2.83. The summed E-state index contributed by atoms with van der Waals surface area (Å²) in [7, 11) is -10.3. The van der Waals surface area contributed by atoms with Gasteiger partial charge in [-0.25, -0.2) is 0 Å². The molecule has 0 aliphatic heterocycles.